The fraction of sp³-hybridized carbons (Fsp3) is 0.667. The van der Waals surface area contributed by atoms with E-state index in [-0.39, 0.29) is 24.0 Å². The van der Waals surface area contributed by atoms with Gasteiger partial charge in [-0.25, -0.2) is 0 Å². The second kappa shape index (κ2) is 17.0. The van der Waals surface area contributed by atoms with Crippen molar-refractivity contribution in [2.24, 2.45) is 4.99 Å². The minimum absolute atomic E-state index is 0. The van der Waals surface area contributed by atoms with Crippen molar-refractivity contribution in [3.63, 3.8) is 0 Å². The lowest BCUT2D eigenvalue weighted by molar-refractivity contribution is 0.0377. The van der Waals surface area contributed by atoms with Crippen LogP contribution in [0.4, 0.5) is 0 Å². The molecule has 1 aromatic carbocycles. The van der Waals surface area contributed by atoms with Gasteiger partial charge in [0.1, 0.15) is 0 Å². The summed E-state index contributed by atoms with van der Waals surface area (Å²) in [6.07, 6.45) is 3.22. The van der Waals surface area contributed by atoms with Crippen LogP contribution in [0.5, 0.6) is 0 Å². The molecule has 160 valence electrons. The number of halogens is 1. The molecular formula is C21H37IN4O2. The normalized spacial score (nSPS) is 15.1. The van der Waals surface area contributed by atoms with Crippen LogP contribution in [0.3, 0.4) is 0 Å². The number of aliphatic imine (C=N–C) groups is 1. The molecule has 0 spiro atoms. The monoisotopic (exact) mass is 504 g/mol. The molecular weight excluding hydrogens is 467 g/mol. The van der Waals surface area contributed by atoms with Crippen molar-refractivity contribution >= 4 is 29.9 Å². The maximum Gasteiger partial charge on any atom is 0.191 e. The molecule has 0 aliphatic carbocycles. The van der Waals surface area contributed by atoms with Crippen LogP contribution in [-0.2, 0) is 16.1 Å². The van der Waals surface area contributed by atoms with Gasteiger partial charge in [0.15, 0.2) is 5.96 Å². The van der Waals surface area contributed by atoms with Gasteiger partial charge < -0.3 is 20.1 Å². The van der Waals surface area contributed by atoms with E-state index in [1.165, 1.54) is 5.56 Å². The summed E-state index contributed by atoms with van der Waals surface area (Å²) in [6.45, 7) is 11.2. The first-order chi connectivity index (χ1) is 13.4. The predicted molar refractivity (Wildman–Crippen MR) is 127 cm³/mol. The van der Waals surface area contributed by atoms with E-state index in [0.717, 1.165) is 84.3 Å². The van der Waals surface area contributed by atoms with Crippen molar-refractivity contribution in [2.75, 3.05) is 59.1 Å². The van der Waals surface area contributed by atoms with Crippen molar-refractivity contribution in [1.29, 1.82) is 0 Å². The van der Waals surface area contributed by atoms with Gasteiger partial charge in [-0.05, 0) is 31.7 Å². The fourth-order valence-electron chi connectivity index (χ4n) is 2.95. The Kier molecular flexibility index (Phi) is 15.3. The molecule has 0 radical (unpaired) electrons. The highest BCUT2D eigenvalue weighted by Gasteiger charge is 2.08. The smallest absolute Gasteiger partial charge is 0.191 e. The van der Waals surface area contributed by atoms with E-state index in [9.17, 15) is 0 Å². The highest BCUT2D eigenvalue weighted by Crippen LogP contribution is 2.01. The van der Waals surface area contributed by atoms with Gasteiger partial charge in [0.05, 0.1) is 19.8 Å². The van der Waals surface area contributed by atoms with Crippen LogP contribution < -0.4 is 10.6 Å². The largest absolute Gasteiger partial charge is 0.379 e. The summed E-state index contributed by atoms with van der Waals surface area (Å²) >= 11 is 0. The molecule has 0 amide bonds. The molecule has 0 saturated carbocycles. The van der Waals surface area contributed by atoms with Gasteiger partial charge in [-0.1, -0.05) is 30.3 Å². The molecule has 1 aliphatic heterocycles. The van der Waals surface area contributed by atoms with E-state index >= 15 is 0 Å². The summed E-state index contributed by atoms with van der Waals surface area (Å²) in [5, 5.41) is 6.74. The summed E-state index contributed by atoms with van der Waals surface area (Å²) in [5.41, 5.74) is 1.23. The van der Waals surface area contributed by atoms with E-state index in [2.05, 4.69) is 39.6 Å². The molecule has 0 aromatic heterocycles. The topological polar surface area (TPSA) is 58.1 Å². The summed E-state index contributed by atoms with van der Waals surface area (Å²) in [5.74, 6) is 0.921. The lowest BCUT2D eigenvalue weighted by Gasteiger charge is -2.26. The van der Waals surface area contributed by atoms with Crippen molar-refractivity contribution < 1.29 is 9.47 Å². The molecule has 6 nitrogen and oxygen atoms in total. The third kappa shape index (κ3) is 11.8. The number of rotatable bonds is 12. The Morgan fingerprint density at radius 1 is 1.11 bits per heavy atom. The van der Waals surface area contributed by atoms with Crippen LogP contribution >= 0.6 is 24.0 Å². The standard InChI is InChI=1S/C21H36N4O2.HI/c1-2-22-21(24-12-8-13-25-14-17-26-18-15-25)23-11-6-7-16-27-19-20-9-4-3-5-10-20;/h3-5,9-10H,2,6-8,11-19H2,1H3,(H2,22,23,24);1H. The van der Waals surface area contributed by atoms with Crippen LogP contribution in [-0.4, -0.2) is 69.9 Å². The SMILES string of the molecule is CCNC(=NCCCN1CCOCC1)NCCCCOCc1ccccc1.I. The molecule has 1 aliphatic rings. The lowest BCUT2D eigenvalue weighted by Crippen LogP contribution is -2.38. The molecule has 1 heterocycles. The van der Waals surface area contributed by atoms with Crippen LogP contribution in [0.25, 0.3) is 0 Å². The number of unbranched alkanes of at least 4 members (excludes halogenated alkanes) is 1. The Bertz CT molecular complexity index is 510. The molecule has 1 saturated heterocycles. The third-order valence-electron chi connectivity index (χ3n) is 4.47. The maximum atomic E-state index is 5.72. The van der Waals surface area contributed by atoms with Gasteiger partial charge >= 0.3 is 0 Å². The first-order valence-electron chi connectivity index (χ1n) is 10.3. The van der Waals surface area contributed by atoms with E-state index in [4.69, 9.17) is 9.47 Å². The first-order valence-corrected chi connectivity index (χ1v) is 10.3. The van der Waals surface area contributed by atoms with E-state index in [0.29, 0.717) is 6.61 Å². The van der Waals surface area contributed by atoms with Crippen molar-refractivity contribution in [3.8, 4) is 0 Å². The number of nitrogens with zero attached hydrogens (tertiary/aromatic N) is 2. The minimum Gasteiger partial charge on any atom is -0.379 e. The Balaban J connectivity index is 0.00000392. The van der Waals surface area contributed by atoms with Gasteiger partial charge in [0.25, 0.3) is 0 Å². The zero-order valence-corrected chi connectivity index (χ0v) is 19.5. The zero-order valence-electron chi connectivity index (χ0n) is 17.2. The molecule has 2 rings (SSSR count). The van der Waals surface area contributed by atoms with Crippen LogP contribution in [0.2, 0.25) is 0 Å². The minimum atomic E-state index is 0. The lowest BCUT2D eigenvalue weighted by atomic mass is 10.2. The van der Waals surface area contributed by atoms with Crippen molar-refractivity contribution in [1.82, 2.24) is 15.5 Å². The number of benzene rings is 1. The molecule has 0 unspecified atom stereocenters. The number of hydrogen-bond acceptors (Lipinski definition) is 4. The first kappa shape index (κ1) is 25.1. The van der Waals surface area contributed by atoms with Crippen molar-refractivity contribution in [2.45, 2.75) is 32.8 Å². The second-order valence-electron chi connectivity index (χ2n) is 6.74. The van der Waals surface area contributed by atoms with E-state index in [1.54, 1.807) is 0 Å². The van der Waals surface area contributed by atoms with Crippen LogP contribution in [0.15, 0.2) is 35.3 Å². The quantitative estimate of drug-likeness (QED) is 0.199. The Morgan fingerprint density at radius 3 is 2.64 bits per heavy atom. The molecule has 7 heteroatoms. The third-order valence-corrected chi connectivity index (χ3v) is 4.47. The maximum absolute atomic E-state index is 5.72. The van der Waals surface area contributed by atoms with Gasteiger partial charge in [0.2, 0.25) is 0 Å². The van der Waals surface area contributed by atoms with E-state index in [1.807, 2.05) is 18.2 Å². The van der Waals surface area contributed by atoms with Crippen LogP contribution in [0, 0.1) is 0 Å². The fourth-order valence-corrected chi connectivity index (χ4v) is 2.95. The summed E-state index contributed by atoms with van der Waals surface area (Å²) < 4.78 is 11.1. The van der Waals surface area contributed by atoms with Gasteiger partial charge in [-0.2, -0.15) is 0 Å². The number of nitrogens with one attached hydrogen (secondary N) is 2. The molecule has 0 bridgehead atoms. The Labute approximate surface area is 187 Å². The second-order valence-corrected chi connectivity index (χ2v) is 6.74. The number of morpholine rings is 1. The van der Waals surface area contributed by atoms with Gasteiger partial charge in [-0.15, -0.1) is 24.0 Å². The highest BCUT2D eigenvalue weighted by molar-refractivity contribution is 14.0. The summed E-state index contributed by atoms with van der Waals surface area (Å²) in [6, 6.07) is 10.3. The molecule has 28 heavy (non-hydrogen) atoms. The number of guanidine groups is 1. The average Bonchev–Trinajstić information content (AvgIpc) is 2.72. The Morgan fingerprint density at radius 2 is 1.89 bits per heavy atom. The summed E-state index contributed by atoms with van der Waals surface area (Å²) in [4.78, 5) is 7.13. The van der Waals surface area contributed by atoms with E-state index < -0.39 is 0 Å². The number of ether oxygens (including phenoxy) is 2. The molecule has 1 fully saturated rings. The zero-order chi connectivity index (χ0) is 19.0. The van der Waals surface area contributed by atoms with Crippen molar-refractivity contribution in [3.05, 3.63) is 35.9 Å². The molecule has 2 N–H and O–H groups in total. The summed E-state index contributed by atoms with van der Waals surface area (Å²) in [7, 11) is 0. The number of hydrogen-bond donors (Lipinski definition) is 2. The average molecular weight is 504 g/mol. The van der Waals surface area contributed by atoms with Crippen LogP contribution in [0.1, 0.15) is 31.7 Å². The predicted octanol–water partition coefficient (Wildman–Crippen LogP) is 2.88. The molecule has 1 aromatic rings. The Hall–Kier alpha value is -0.900. The highest BCUT2D eigenvalue weighted by atomic mass is 127. The molecule has 0 atom stereocenters. The van der Waals surface area contributed by atoms with Gasteiger partial charge in [0, 0.05) is 45.9 Å². The van der Waals surface area contributed by atoms with Gasteiger partial charge in [-0.3, -0.25) is 9.89 Å².